The summed E-state index contributed by atoms with van der Waals surface area (Å²) in [6.45, 7) is 6.20. The number of ether oxygens (including phenoxy) is 2. The third kappa shape index (κ3) is 13.4. The first-order valence-corrected chi connectivity index (χ1v) is 13.7. The Kier molecular flexibility index (Phi) is 15.3. The molecule has 33 heavy (non-hydrogen) atoms. The average molecular weight is 453 g/mol. The van der Waals surface area contributed by atoms with Crippen LogP contribution in [0.15, 0.2) is 48.5 Å². The maximum atomic E-state index is 5.90. The monoisotopic (exact) mass is 452 g/mol. The van der Waals surface area contributed by atoms with Crippen molar-refractivity contribution >= 4 is 0 Å². The summed E-state index contributed by atoms with van der Waals surface area (Å²) in [4.78, 5) is 0. The maximum Gasteiger partial charge on any atom is 0.119 e. The summed E-state index contributed by atoms with van der Waals surface area (Å²) in [5, 5.41) is 0. The van der Waals surface area contributed by atoms with Crippen LogP contribution in [0.5, 0.6) is 11.5 Å². The lowest BCUT2D eigenvalue weighted by atomic mass is 10.0. The Hall–Kier alpha value is -1.96. The van der Waals surface area contributed by atoms with E-state index in [1.807, 2.05) is 0 Å². The van der Waals surface area contributed by atoms with Gasteiger partial charge in [-0.15, -0.1) is 0 Å². The molecule has 0 aromatic heterocycles. The molecule has 184 valence electrons. The van der Waals surface area contributed by atoms with Crippen LogP contribution in [0, 0.1) is 0 Å². The van der Waals surface area contributed by atoms with Gasteiger partial charge in [0.25, 0.3) is 0 Å². The highest BCUT2D eigenvalue weighted by Gasteiger charge is 2.00. The first-order chi connectivity index (χ1) is 16.3. The van der Waals surface area contributed by atoms with Crippen LogP contribution in [0.3, 0.4) is 0 Å². The van der Waals surface area contributed by atoms with Gasteiger partial charge in [0, 0.05) is 0 Å². The summed E-state index contributed by atoms with van der Waals surface area (Å²) < 4.78 is 11.8. The van der Waals surface area contributed by atoms with E-state index in [1.54, 1.807) is 0 Å². The fraction of sp³-hybridized carbons (Fsp3) is 0.613. The van der Waals surface area contributed by atoms with Crippen molar-refractivity contribution in [2.45, 2.75) is 110 Å². The zero-order valence-corrected chi connectivity index (χ0v) is 21.5. The molecule has 0 amide bonds. The second-order valence-corrected chi connectivity index (χ2v) is 9.37. The zero-order chi connectivity index (χ0) is 23.4. The maximum absolute atomic E-state index is 5.90. The standard InChI is InChI=1S/C31H48O2/c1-3-5-7-9-11-13-26-32-30-22-18-28(19-23-30)16-15-17-29-20-24-31(25-21-29)33-27-14-12-10-8-6-4-2/h18-25H,3-17,26-27H2,1-2H3. The summed E-state index contributed by atoms with van der Waals surface area (Å²) in [6, 6.07) is 17.4. The molecule has 0 aliphatic heterocycles. The van der Waals surface area contributed by atoms with E-state index >= 15 is 0 Å². The minimum Gasteiger partial charge on any atom is -0.494 e. The van der Waals surface area contributed by atoms with Crippen molar-refractivity contribution < 1.29 is 9.47 Å². The van der Waals surface area contributed by atoms with Crippen molar-refractivity contribution in [1.82, 2.24) is 0 Å². The van der Waals surface area contributed by atoms with E-state index in [2.05, 4.69) is 62.4 Å². The molecule has 2 nitrogen and oxygen atoms in total. The molecule has 2 aromatic rings. The highest BCUT2D eigenvalue weighted by atomic mass is 16.5. The third-order valence-corrected chi connectivity index (χ3v) is 6.31. The van der Waals surface area contributed by atoms with Crippen molar-refractivity contribution in [3.8, 4) is 11.5 Å². The summed E-state index contributed by atoms with van der Waals surface area (Å²) in [7, 11) is 0. The Morgan fingerprint density at radius 2 is 0.788 bits per heavy atom. The van der Waals surface area contributed by atoms with Crippen LogP contribution >= 0.6 is 0 Å². The molecule has 0 radical (unpaired) electrons. The highest BCUT2D eigenvalue weighted by Crippen LogP contribution is 2.17. The molecule has 0 saturated heterocycles. The normalized spacial score (nSPS) is 11.0. The van der Waals surface area contributed by atoms with E-state index in [-0.39, 0.29) is 0 Å². The number of benzene rings is 2. The smallest absolute Gasteiger partial charge is 0.119 e. The van der Waals surface area contributed by atoms with E-state index < -0.39 is 0 Å². The van der Waals surface area contributed by atoms with Crippen molar-refractivity contribution in [3.05, 3.63) is 59.7 Å². The van der Waals surface area contributed by atoms with Gasteiger partial charge in [-0.3, -0.25) is 0 Å². The first kappa shape index (κ1) is 27.3. The minimum atomic E-state index is 0.837. The first-order valence-electron chi connectivity index (χ1n) is 13.7. The molecule has 0 N–H and O–H groups in total. The molecular weight excluding hydrogens is 404 g/mol. The van der Waals surface area contributed by atoms with Crippen molar-refractivity contribution in [1.29, 1.82) is 0 Å². The van der Waals surface area contributed by atoms with Gasteiger partial charge < -0.3 is 9.47 Å². The number of rotatable bonds is 20. The van der Waals surface area contributed by atoms with Gasteiger partial charge in [-0.2, -0.15) is 0 Å². The molecule has 2 aromatic carbocycles. The topological polar surface area (TPSA) is 18.5 Å². The number of hydrogen-bond donors (Lipinski definition) is 0. The van der Waals surface area contributed by atoms with E-state index in [1.165, 1.54) is 75.3 Å². The minimum absolute atomic E-state index is 0.837. The predicted molar refractivity (Wildman–Crippen MR) is 143 cm³/mol. The number of unbranched alkanes of at least 4 members (excludes halogenated alkanes) is 10. The van der Waals surface area contributed by atoms with E-state index in [4.69, 9.17) is 9.47 Å². The largest absolute Gasteiger partial charge is 0.494 e. The average Bonchev–Trinajstić information content (AvgIpc) is 2.85. The highest BCUT2D eigenvalue weighted by molar-refractivity contribution is 5.29. The lowest BCUT2D eigenvalue weighted by Crippen LogP contribution is -1.98. The van der Waals surface area contributed by atoms with Crippen molar-refractivity contribution in [3.63, 3.8) is 0 Å². The van der Waals surface area contributed by atoms with Crippen LogP contribution in [0.4, 0.5) is 0 Å². The molecule has 0 heterocycles. The lowest BCUT2D eigenvalue weighted by Gasteiger charge is -2.08. The Labute approximate surface area is 204 Å². The molecule has 2 rings (SSSR count). The number of hydrogen-bond acceptors (Lipinski definition) is 2. The van der Waals surface area contributed by atoms with Gasteiger partial charge in [-0.05, 0) is 67.5 Å². The van der Waals surface area contributed by atoms with Gasteiger partial charge in [0.15, 0.2) is 0 Å². The van der Waals surface area contributed by atoms with E-state index in [9.17, 15) is 0 Å². The molecule has 0 aliphatic rings. The van der Waals surface area contributed by atoms with Gasteiger partial charge >= 0.3 is 0 Å². The molecule has 0 bridgehead atoms. The van der Waals surface area contributed by atoms with Gasteiger partial charge in [-0.25, -0.2) is 0 Å². The molecular formula is C31H48O2. The molecule has 0 fully saturated rings. The van der Waals surface area contributed by atoms with Crippen LogP contribution < -0.4 is 9.47 Å². The van der Waals surface area contributed by atoms with E-state index in [0.717, 1.165) is 56.8 Å². The lowest BCUT2D eigenvalue weighted by molar-refractivity contribution is 0.304. The Balaban J connectivity index is 1.54. The molecule has 0 saturated carbocycles. The Morgan fingerprint density at radius 1 is 0.424 bits per heavy atom. The van der Waals surface area contributed by atoms with Crippen molar-refractivity contribution in [2.75, 3.05) is 13.2 Å². The fourth-order valence-corrected chi connectivity index (χ4v) is 4.15. The fourth-order valence-electron chi connectivity index (χ4n) is 4.15. The molecule has 2 heteroatoms. The van der Waals surface area contributed by atoms with Gasteiger partial charge in [0.1, 0.15) is 11.5 Å². The third-order valence-electron chi connectivity index (χ3n) is 6.31. The Morgan fingerprint density at radius 3 is 1.18 bits per heavy atom. The second-order valence-electron chi connectivity index (χ2n) is 9.37. The van der Waals surface area contributed by atoms with Gasteiger partial charge in [-0.1, -0.05) is 102 Å². The zero-order valence-electron chi connectivity index (χ0n) is 21.5. The van der Waals surface area contributed by atoms with E-state index in [0.29, 0.717) is 0 Å². The van der Waals surface area contributed by atoms with Gasteiger partial charge in [0.2, 0.25) is 0 Å². The second kappa shape index (κ2) is 18.5. The van der Waals surface area contributed by atoms with Crippen LogP contribution in [0.2, 0.25) is 0 Å². The SMILES string of the molecule is CCCCCCCCOc1ccc(CCCc2ccc(OCCCCCCCC)cc2)cc1. The summed E-state index contributed by atoms with van der Waals surface area (Å²) in [5.41, 5.74) is 2.78. The molecule has 0 aliphatic carbocycles. The summed E-state index contributed by atoms with van der Waals surface area (Å²) in [5.74, 6) is 2.01. The quantitative estimate of drug-likeness (QED) is 0.186. The van der Waals surface area contributed by atoms with Crippen LogP contribution in [0.25, 0.3) is 0 Å². The Bertz CT molecular complexity index is 628. The van der Waals surface area contributed by atoms with Crippen LogP contribution in [-0.2, 0) is 12.8 Å². The van der Waals surface area contributed by atoms with Crippen LogP contribution in [0.1, 0.15) is 108 Å². The van der Waals surface area contributed by atoms with Crippen molar-refractivity contribution in [2.24, 2.45) is 0 Å². The molecule has 0 atom stereocenters. The summed E-state index contributed by atoms with van der Waals surface area (Å²) >= 11 is 0. The van der Waals surface area contributed by atoms with Gasteiger partial charge in [0.05, 0.1) is 13.2 Å². The summed E-state index contributed by atoms with van der Waals surface area (Å²) in [6.07, 6.45) is 19.0. The van der Waals surface area contributed by atoms with Crippen LogP contribution in [-0.4, -0.2) is 13.2 Å². The number of aryl methyl sites for hydroxylation is 2. The molecule has 0 unspecified atom stereocenters. The molecule has 0 spiro atoms. The predicted octanol–water partition coefficient (Wildman–Crippen LogP) is 9.34.